The zero-order valence-corrected chi connectivity index (χ0v) is 58.9. The maximum atomic E-state index is 13.6. The molecule has 1 saturated heterocycles. The number of pyridine rings is 2. The van der Waals surface area contributed by atoms with Gasteiger partial charge in [-0.2, -0.15) is 8.42 Å². The van der Waals surface area contributed by atoms with Gasteiger partial charge in [0.2, 0.25) is 0 Å². The Bertz CT molecular complexity index is 4970. The number of carbonyl (C=O) groups is 9. The summed E-state index contributed by atoms with van der Waals surface area (Å²) in [4.78, 5) is 134. The molecule has 27 nitrogen and oxygen atoms in total. The number of amides is 6. The van der Waals surface area contributed by atoms with Crippen molar-refractivity contribution >= 4 is 118 Å². The fraction of sp³-hybridized carbons (Fsp3) is 0.228. The Morgan fingerprint density at radius 3 is 1.32 bits per heavy atom. The van der Waals surface area contributed by atoms with E-state index in [0.29, 0.717) is 49.0 Å². The Morgan fingerprint density at radius 2 is 0.925 bits per heavy atom. The summed E-state index contributed by atoms with van der Waals surface area (Å²) in [6.45, 7) is 6.62. The van der Waals surface area contributed by atoms with Gasteiger partial charge in [0.25, 0.3) is 45.6 Å². The topological polar surface area (TPSA) is 361 Å². The molecule has 8 aromatic carbocycles. The molecule has 0 radical (unpaired) electrons. The van der Waals surface area contributed by atoms with Crippen molar-refractivity contribution in [2.24, 2.45) is 0 Å². The SMILES string of the molecule is CCN(CCOCC(=O)ON1C(=O)CCC1=O)c1ccc(C2C(=O)C(c3ccc(N(CC)CCn4cc(CS(=O)(=O)O)nn4)cc3O)C2=O)cc1.O=C1NCc2c3ccccc3c(c3ccccc23)CNC(=O)c2cccc(n2)C(=O)NCc2c3ccccc3c(c3ccccc23)CNC(=O)c2cccc1n2. The molecule has 1 aliphatic carbocycles. The van der Waals surface area contributed by atoms with E-state index in [0.717, 1.165) is 71.0 Å². The Morgan fingerprint density at radius 1 is 0.523 bits per heavy atom. The molecule has 544 valence electrons. The van der Waals surface area contributed by atoms with Crippen molar-refractivity contribution in [1.82, 2.24) is 51.3 Å². The van der Waals surface area contributed by atoms with E-state index in [-0.39, 0.29) is 97.0 Å². The zero-order valence-electron chi connectivity index (χ0n) is 58.1. The number of imide groups is 1. The number of rotatable bonds is 17. The van der Waals surface area contributed by atoms with Gasteiger partial charge in [0, 0.05) is 94.4 Å². The van der Waals surface area contributed by atoms with E-state index in [2.05, 4.69) is 41.5 Å². The van der Waals surface area contributed by atoms with Gasteiger partial charge in [0.1, 0.15) is 58.4 Å². The molecule has 8 bridgehead atoms. The number of ether oxygens (including phenoxy) is 1. The van der Waals surface area contributed by atoms with E-state index in [1.807, 2.05) is 121 Å². The summed E-state index contributed by atoms with van der Waals surface area (Å²) in [6, 6.07) is 52.9. The van der Waals surface area contributed by atoms with Crippen LogP contribution < -0.4 is 31.1 Å². The number of ketones is 2. The number of hydroxylamine groups is 2. The molecule has 0 unspecified atom stereocenters. The van der Waals surface area contributed by atoms with Crippen LogP contribution >= 0.6 is 0 Å². The number of fused-ring (bicyclic) bond motifs is 10. The fourth-order valence-electron chi connectivity index (χ4n) is 13.8. The quantitative estimate of drug-likeness (QED) is 0.0163. The highest BCUT2D eigenvalue weighted by atomic mass is 32.2. The van der Waals surface area contributed by atoms with Gasteiger partial charge in [-0.25, -0.2) is 14.8 Å². The van der Waals surface area contributed by atoms with Crippen molar-refractivity contribution in [3.63, 3.8) is 0 Å². The maximum Gasteiger partial charge on any atom is 0.358 e. The number of phenols is 1. The van der Waals surface area contributed by atoms with Crippen LogP contribution in [-0.4, -0.2) is 140 Å². The summed E-state index contributed by atoms with van der Waals surface area (Å²) >= 11 is 0. The Balaban J connectivity index is 0.000000190. The van der Waals surface area contributed by atoms with E-state index < -0.39 is 75.7 Å². The second kappa shape index (κ2) is 31.7. The van der Waals surface area contributed by atoms with Crippen molar-refractivity contribution in [2.75, 3.05) is 49.2 Å². The minimum atomic E-state index is -4.23. The van der Waals surface area contributed by atoms with E-state index in [1.54, 1.807) is 72.8 Å². The molecule has 107 heavy (non-hydrogen) atoms. The van der Waals surface area contributed by atoms with Crippen LogP contribution in [0, 0.1) is 0 Å². The number of anilines is 2. The second-order valence-corrected chi connectivity index (χ2v) is 27.1. The maximum absolute atomic E-state index is 13.6. The first kappa shape index (κ1) is 72.7. The lowest BCUT2D eigenvalue weighted by molar-refractivity contribution is -0.200. The van der Waals surface area contributed by atoms with E-state index in [1.165, 1.54) is 16.9 Å². The number of hydrogen-bond acceptors (Lipinski definition) is 20. The van der Waals surface area contributed by atoms with Gasteiger partial charge in [-0.3, -0.25) is 47.6 Å². The van der Waals surface area contributed by atoms with Crippen molar-refractivity contribution in [3.8, 4) is 5.75 Å². The molecule has 2 fully saturated rings. The summed E-state index contributed by atoms with van der Waals surface area (Å²) in [6.07, 6.45) is 1.43. The Labute approximate surface area is 612 Å². The number of Topliss-reactive ketones (excluding diaryl/α,β-unsaturated/α-hetero) is 2. The number of carbonyl (C=O) groups excluding carboxylic acids is 9. The number of aromatic hydroxyl groups is 1. The molecule has 5 heterocycles. The first-order valence-corrected chi connectivity index (χ1v) is 36.2. The number of nitrogens with one attached hydrogen (secondary N) is 4. The summed E-state index contributed by atoms with van der Waals surface area (Å²) in [7, 11) is -4.23. The molecule has 14 rings (SSSR count). The standard InChI is InChI=1S/C46H34N6O4.C33H38N6O11S/c53-43-39-19-9-21-41(51-39)45(55)49-25-37-31-15-5-7-17-33(31)38(34-18-8-6-16-32(34)37)26-50-46(56)42-22-10-20-40(52-42)44(54)48-24-36-28-12-2-1-11-27(28)35(23-47-43)29-13-3-4-14-30(29)36;1-3-36(13-14-38-18-22(34-35-38)20-51(46,47)48)24-9-10-25(26(40)17-24)31-32(44)30(33(31)45)21-5-7-23(8-6-21)37(4-2)15-16-49-19-29(43)50-39-27(41)11-12-28(39)42/h1-22H,23-26H2,(H,47,53)(H,48,54)(H,49,55)(H,50,56);5-10,17-18,30-31,40H,3-4,11-16,19-20H2,1-2H3,(H,46,47,48). The van der Waals surface area contributed by atoms with Gasteiger partial charge in [-0.05, 0) is 127 Å². The smallest absolute Gasteiger partial charge is 0.358 e. The minimum absolute atomic E-state index is 0.00157. The molecule has 1 saturated carbocycles. The Kier molecular flexibility index (Phi) is 21.6. The van der Waals surface area contributed by atoms with Crippen LogP contribution in [0.15, 0.2) is 182 Å². The van der Waals surface area contributed by atoms with Crippen LogP contribution in [0.3, 0.4) is 0 Å². The third kappa shape index (κ3) is 15.9. The van der Waals surface area contributed by atoms with Gasteiger partial charge < -0.3 is 45.7 Å². The largest absolute Gasteiger partial charge is 0.508 e. The van der Waals surface area contributed by atoms with Gasteiger partial charge >= 0.3 is 5.97 Å². The normalized spacial score (nSPS) is 15.7. The van der Waals surface area contributed by atoms with Gasteiger partial charge in [0.15, 0.2) is 11.6 Å². The summed E-state index contributed by atoms with van der Waals surface area (Å²) in [5, 5.41) is 38.5. The zero-order chi connectivity index (χ0) is 75.0. The average molecular weight is 1460 g/mol. The number of hydrogen-bond donors (Lipinski definition) is 6. The lowest BCUT2D eigenvalue weighted by atomic mass is 9.66. The van der Waals surface area contributed by atoms with Crippen LogP contribution in [-0.2, 0) is 82.1 Å². The van der Waals surface area contributed by atoms with Gasteiger partial charge in [-0.1, -0.05) is 133 Å². The summed E-state index contributed by atoms with van der Waals surface area (Å²) < 4.78 is 38.0. The lowest BCUT2D eigenvalue weighted by Gasteiger charge is -2.33. The first-order valence-electron chi connectivity index (χ1n) is 34.6. The predicted molar refractivity (Wildman–Crippen MR) is 395 cm³/mol. The molecule has 0 atom stereocenters. The monoisotopic (exact) mass is 1460 g/mol. The van der Waals surface area contributed by atoms with E-state index in [4.69, 9.17) is 14.1 Å². The fourth-order valence-corrected chi connectivity index (χ4v) is 14.3. The minimum Gasteiger partial charge on any atom is -0.508 e. The van der Waals surface area contributed by atoms with Crippen LogP contribution in [0.5, 0.6) is 5.75 Å². The van der Waals surface area contributed by atoms with E-state index >= 15 is 0 Å². The molecule has 0 spiro atoms. The highest BCUT2D eigenvalue weighted by molar-refractivity contribution is 7.85. The molecule has 28 heteroatoms. The third-order valence-corrected chi connectivity index (χ3v) is 19.7. The molecular formula is C79H72N12O15S. The Hall–Kier alpha value is -12.7. The number of likely N-dealkylation sites (N-methyl/N-ethyl adjacent to an activating group) is 2. The highest BCUT2D eigenvalue weighted by Gasteiger charge is 2.51. The molecule has 6 amide bonds. The molecular weight excluding hydrogens is 1390 g/mol. The van der Waals surface area contributed by atoms with Crippen molar-refractivity contribution in [1.29, 1.82) is 0 Å². The molecule has 11 aromatic rings. The van der Waals surface area contributed by atoms with E-state index in [9.17, 15) is 56.7 Å². The molecule has 2 aliphatic heterocycles. The first-order chi connectivity index (χ1) is 51.7. The molecule has 3 aliphatic rings. The predicted octanol–water partition coefficient (Wildman–Crippen LogP) is 8.49. The van der Waals surface area contributed by atoms with Crippen molar-refractivity contribution in [3.05, 3.63) is 244 Å². The third-order valence-electron chi connectivity index (χ3n) is 19.1. The summed E-state index contributed by atoms with van der Waals surface area (Å²) in [5.41, 5.74) is 6.39. The van der Waals surface area contributed by atoms with Crippen molar-refractivity contribution < 1.29 is 70.8 Å². The number of aromatic nitrogens is 5. The highest BCUT2D eigenvalue weighted by Crippen LogP contribution is 2.45. The molecule has 3 aromatic heterocycles. The summed E-state index contributed by atoms with van der Waals surface area (Å²) in [5.74, 6) is -7.17. The van der Waals surface area contributed by atoms with Gasteiger partial charge in [0.05, 0.1) is 13.2 Å². The van der Waals surface area contributed by atoms with Crippen LogP contribution in [0.25, 0.3) is 43.1 Å². The van der Waals surface area contributed by atoms with Crippen LogP contribution in [0.2, 0.25) is 0 Å². The van der Waals surface area contributed by atoms with Crippen LogP contribution in [0.4, 0.5) is 11.4 Å². The van der Waals surface area contributed by atoms with Gasteiger partial charge in [-0.15, -0.1) is 10.2 Å². The number of phenolic OH excluding ortho intramolecular Hbond substituents is 1. The lowest BCUT2D eigenvalue weighted by Crippen LogP contribution is -2.44. The number of nitrogens with zero attached hydrogens (tertiary/aromatic N) is 8. The van der Waals surface area contributed by atoms with Crippen molar-refractivity contribution in [2.45, 2.75) is 77.0 Å². The molecule has 6 N–H and O–H groups in total. The van der Waals surface area contributed by atoms with Crippen LogP contribution in [0.1, 0.15) is 120 Å². The average Bonchev–Trinajstić information content (AvgIpc) is 1.70. The number of benzene rings is 8. The second-order valence-electron chi connectivity index (χ2n) is 25.6.